The van der Waals surface area contributed by atoms with Crippen LogP contribution >= 0.6 is 0 Å². The Morgan fingerprint density at radius 1 is 0.525 bits per heavy atom. The van der Waals surface area contributed by atoms with Crippen molar-refractivity contribution in [2.75, 3.05) is 0 Å². The number of hydrogen-bond donors (Lipinski definition) is 1. The van der Waals surface area contributed by atoms with Gasteiger partial charge in [-0.15, -0.1) is 0 Å². The van der Waals surface area contributed by atoms with E-state index in [4.69, 9.17) is 18.9 Å². The van der Waals surface area contributed by atoms with E-state index in [9.17, 15) is 24.3 Å². The lowest BCUT2D eigenvalue weighted by atomic mass is 9.77. The van der Waals surface area contributed by atoms with Crippen LogP contribution in [0.2, 0.25) is 0 Å². The Labute approximate surface area is 360 Å². The van der Waals surface area contributed by atoms with Gasteiger partial charge in [-0.05, 0) is 46.4 Å². The molecule has 2 heterocycles. The second-order valence-corrected chi connectivity index (χ2v) is 16.3. The number of allylic oxidation sites excluding steroid dienone is 3. The van der Waals surface area contributed by atoms with Gasteiger partial charge in [-0.1, -0.05) is 185 Å². The zero-order chi connectivity index (χ0) is 44.6. The molecule has 0 spiro atoms. The molecule has 0 saturated carbocycles. The van der Waals surface area contributed by atoms with Crippen molar-refractivity contribution in [1.29, 1.82) is 0 Å². The first-order valence-corrected chi connectivity index (χ1v) is 20.5. The van der Waals surface area contributed by atoms with E-state index in [0.717, 1.165) is 22.3 Å². The molecular weight excluding hydrogens is 769 g/mol. The number of benzene rings is 4. The number of carbonyl (C=O) groups excluding carboxylic acids is 4. The van der Waals surface area contributed by atoms with E-state index in [2.05, 4.69) is 38.1 Å². The molecule has 2 saturated heterocycles. The number of ether oxygens (including phenoxy) is 4. The van der Waals surface area contributed by atoms with Gasteiger partial charge < -0.3 is 24.1 Å². The number of hydrogen-bond acceptors (Lipinski definition) is 9. The summed E-state index contributed by atoms with van der Waals surface area (Å²) in [5.41, 5.74) is 4.17. The summed E-state index contributed by atoms with van der Waals surface area (Å²) in [5, 5.41) is 9.90. The molecule has 9 nitrogen and oxygen atoms in total. The number of aliphatic hydroxyl groups is 1. The molecule has 0 aliphatic carbocycles. The second kappa shape index (κ2) is 22.3. The Morgan fingerprint density at radius 3 is 1.31 bits per heavy atom. The van der Waals surface area contributed by atoms with Crippen molar-refractivity contribution in [2.45, 2.75) is 85.4 Å². The lowest BCUT2D eigenvalue weighted by molar-refractivity contribution is -0.224. The Morgan fingerprint density at radius 2 is 0.902 bits per heavy atom. The number of esters is 4. The number of aliphatic hydroxyl groups excluding tert-OH is 1. The highest BCUT2D eigenvalue weighted by Crippen LogP contribution is 2.36. The minimum Gasteiger partial charge on any atom is -0.419 e. The predicted molar refractivity (Wildman–Crippen MR) is 238 cm³/mol. The lowest BCUT2D eigenvalue weighted by Crippen LogP contribution is -2.42. The Kier molecular flexibility index (Phi) is 17.3. The third-order valence-electron chi connectivity index (χ3n) is 9.46. The zero-order valence-corrected chi connectivity index (χ0v) is 36.3. The van der Waals surface area contributed by atoms with Crippen LogP contribution in [0.5, 0.6) is 0 Å². The normalized spacial score (nSPS) is 17.2. The van der Waals surface area contributed by atoms with Gasteiger partial charge in [0.15, 0.2) is 0 Å². The topological polar surface area (TPSA) is 125 Å². The minimum absolute atomic E-state index is 0.00280. The molecule has 3 atom stereocenters. The smallest absolute Gasteiger partial charge is 0.348 e. The standard InChI is InChI=1S/C26H28O4.C15H14O.C11H16O4/c1-18(2)22(17-23-24(27)29-26(3,4)30-25(23)28)21(20-13-9-6-10-14-20)16-15-19-11-7-5-8-12-19;16-15(14-9-5-2-6-10-14)12-11-13-7-3-1-4-8-13;1-7(2)5-6-8-9(12)14-11(3,4)15-10(8)13/h5-18,21-22H,1-4H3;1-12,15-16H;6-7H,5H2,1-4H3/b16-15+;12-11+;/t21-,22-;;/m0../s1. The number of rotatable bonds is 11. The van der Waals surface area contributed by atoms with E-state index >= 15 is 0 Å². The molecule has 61 heavy (non-hydrogen) atoms. The highest BCUT2D eigenvalue weighted by Gasteiger charge is 2.40. The Hall–Kier alpha value is -6.32. The summed E-state index contributed by atoms with van der Waals surface area (Å²) in [6, 6.07) is 39.7. The van der Waals surface area contributed by atoms with Crippen LogP contribution in [0.4, 0.5) is 0 Å². The highest BCUT2D eigenvalue weighted by atomic mass is 16.7. The minimum atomic E-state index is -1.25. The molecule has 0 radical (unpaired) electrons. The van der Waals surface area contributed by atoms with Gasteiger partial charge in [0.05, 0.1) is 6.10 Å². The Bertz CT molecular complexity index is 2120. The van der Waals surface area contributed by atoms with E-state index in [1.165, 1.54) is 13.8 Å². The molecule has 0 bridgehead atoms. The first-order chi connectivity index (χ1) is 28.9. The summed E-state index contributed by atoms with van der Waals surface area (Å²) in [7, 11) is 0. The van der Waals surface area contributed by atoms with Crippen LogP contribution in [-0.4, -0.2) is 40.6 Å². The van der Waals surface area contributed by atoms with Crippen molar-refractivity contribution in [2.24, 2.45) is 17.8 Å². The van der Waals surface area contributed by atoms with Crippen molar-refractivity contribution in [3.05, 3.63) is 179 Å². The van der Waals surface area contributed by atoms with Crippen molar-refractivity contribution >= 4 is 36.0 Å². The predicted octanol–water partition coefficient (Wildman–Crippen LogP) is 10.7. The molecule has 2 aliphatic rings. The Balaban J connectivity index is 0.000000222. The van der Waals surface area contributed by atoms with Crippen LogP contribution in [-0.2, 0) is 38.1 Å². The molecule has 0 aromatic heterocycles. The van der Waals surface area contributed by atoms with Gasteiger partial charge >= 0.3 is 23.9 Å². The number of carbonyl (C=O) groups is 4. The fraction of sp³-hybridized carbons (Fsp3) is 0.308. The molecule has 1 unspecified atom stereocenters. The third kappa shape index (κ3) is 15.3. The monoisotopic (exact) mass is 826 g/mol. The van der Waals surface area contributed by atoms with Crippen LogP contribution in [0.1, 0.15) is 96.1 Å². The van der Waals surface area contributed by atoms with Gasteiger partial charge in [0.1, 0.15) is 11.1 Å². The summed E-state index contributed by atoms with van der Waals surface area (Å²) in [6.07, 6.45) is 11.3. The van der Waals surface area contributed by atoms with Crippen molar-refractivity contribution in [3.63, 3.8) is 0 Å². The van der Waals surface area contributed by atoms with E-state index in [-0.39, 0.29) is 28.9 Å². The molecule has 6 rings (SSSR count). The van der Waals surface area contributed by atoms with E-state index in [0.29, 0.717) is 12.3 Å². The summed E-state index contributed by atoms with van der Waals surface area (Å²) in [4.78, 5) is 47.9. The second-order valence-electron chi connectivity index (χ2n) is 16.3. The van der Waals surface area contributed by atoms with Gasteiger partial charge in [0.2, 0.25) is 0 Å². The largest absolute Gasteiger partial charge is 0.419 e. The zero-order valence-electron chi connectivity index (χ0n) is 36.3. The molecular formula is C52H58O9. The third-order valence-corrected chi connectivity index (χ3v) is 9.46. The molecule has 320 valence electrons. The van der Waals surface area contributed by atoms with Gasteiger partial charge in [0.25, 0.3) is 11.6 Å². The van der Waals surface area contributed by atoms with Gasteiger partial charge in [-0.25, -0.2) is 19.2 Å². The molecule has 1 N–H and O–H groups in total. The van der Waals surface area contributed by atoms with Crippen molar-refractivity contribution in [3.8, 4) is 0 Å². The molecule has 2 fully saturated rings. The van der Waals surface area contributed by atoms with Crippen LogP contribution in [0, 0.1) is 17.8 Å². The van der Waals surface area contributed by atoms with Crippen LogP contribution < -0.4 is 0 Å². The summed E-state index contributed by atoms with van der Waals surface area (Å²) >= 11 is 0. The average Bonchev–Trinajstić information content (AvgIpc) is 3.21. The molecule has 4 aromatic rings. The molecule has 2 aliphatic heterocycles. The van der Waals surface area contributed by atoms with Gasteiger partial charge in [-0.2, -0.15) is 0 Å². The number of cyclic esters (lactones) is 4. The first-order valence-electron chi connectivity index (χ1n) is 20.5. The molecule has 9 heteroatoms. The maximum Gasteiger partial charge on any atom is 0.348 e. The fourth-order valence-corrected chi connectivity index (χ4v) is 6.32. The van der Waals surface area contributed by atoms with Gasteiger partial charge in [0, 0.05) is 33.6 Å². The van der Waals surface area contributed by atoms with Crippen LogP contribution in [0.3, 0.4) is 0 Å². The first kappa shape index (κ1) is 47.4. The van der Waals surface area contributed by atoms with E-state index in [1.54, 1.807) is 32.1 Å². The summed E-state index contributed by atoms with van der Waals surface area (Å²) in [6.45, 7) is 14.3. The van der Waals surface area contributed by atoms with Crippen LogP contribution in [0.25, 0.3) is 12.2 Å². The molecule has 0 amide bonds. The van der Waals surface area contributed by atoms with Crippen molar-refractivity contribution < 1.29 is 43.2 Å². The maximum atomic E-state index is 12.5. The maximum absolute atomic E-state index is 12.5. The van der Waals surface area contributed by atoms with Crippen LogP contribution in [0.15, 0.2) is 157 Å². The van der Waals surface area contributed by atoms with Gasteiger partial charge in [-0.3, -0.25) is 0 Å². The summed E-state index contributed by atoms with van der Waals surface area (Å²) < 4.78 is 20.4. The van der Waals surface area contributed by atoms with E-state index < -0.39 is 41.6 Å². The highest BCUT2D eigenvalue weighted by molar-refractivity contribution is 6.16. The quantitative estimate of drug-likeness (QED) is 0.0893. The van der Waals surface area contributed by atoms with Crippen molar-refractivity contribution in [1.82, 2.24) is 0 Å². The lowest BCUT2D eigenvalue weighted by Gasteiger charge is -2.32. The fourth-order valence-electron chi connectivity index (χ4n) is 6.32. The van der Waals surface area contributed by atoms with E-state index in [1.807, 2.05) is 129 Å². The average molecular weight is 827 g/mol. The molecule has 4 aromatic carbocycles. The summed E-state index contributed by atoms with van der Waals surface area (Å²) in [5.74, 6) is -4.46. The SMILES string of the molecule is CC(C)CC=C1C(=O)OC(C)(C)OC1=O.CC(C)[C@H](C=C1C(=O)OC(C)(C)OC1=O)[C@@H](/C=C/c1ccccc1)c1ccccc1.OC(/C=C/c1ccccc1)c1ccccc1.